The minimum atomic E-state index is -0.178. The van der Waals surface area contributed by atoms with Crippen molar-refractivity contribution < 1.29 is 4.39 Å². The summed E-state index contributed by atoms with van der Waals surface area (Å²) in [7, 11) is 0. The molecule has 2 heterocycles. The Morgan fingerprint density at radius 1 is 0.957 bits per heavy atom. The minimum absolute atomic E-state index is 0.178. The fraction of sp³-hybridized carbons (Fsp3) is 0.278. The van der Waals surface area contributed by atoms with E-state index in [1.165, 1.54) is 21.8 Å². The number of rotatable bonds is 3. The summed E-state index contributed by atoms with van der Waals surface area (Å²) in [4.78, 5) is 9.47. The molecule has 0 unspecified atom stereocenters. The van der Waals surface area contributed by atoms with E-state index in [0.29, 0.717) is 0 Å². The lowest BCUT2D eigenvalue weighted by atomic mass is 10.2. The molecule has 1 aromatic heterocycles. The van der Waals surface area contributed by atoms with Crippen LogP contribution in [0, 0.1) is 5.82 Å². The lowest BCUT2D eigenvalue weighted by Crippen LogP contribution is -2.45. The molecule has 23 heavy (non-hydrogen) atoms. The van der Waals surface area contributed by atoms with Crippen LogP contribution in [0.3, 0.4) is 0 Å². The number of halogens is 1. The molecular formula is C18H18FN3S. The first-order valence-corrected chi connectivity index (χ1v) is 8.67. The van der Waals surface area contributed by atoms with E-state index >= 15 is 0 Å². The average molecular weight is 327 g/mol. The van der Waals surface area contributed by atoms with Gasteiger partial charge in [-0.15, -0.1) is 11.3 Å². The molecule has 0 bridgehead atoms. The molecule has 0 atom stereocenters. The fourth-order valence-corrected chi connectivity index (χ4v) is 4.00. The zero-order chi connectivity index (χ0) is 15.6. The molecular weight excluding hydrogens is 309 g/mol. The van der Waals surface area contributed by atoms with Crippen molar-refractivity contribution in [3.05, 3.63) is 59.4 Å². The minimum Gasteiger partial charge on any atom is -0.369 e. The van der Waals surface area contributed by atoms with E-state index in [0.717, 1.165) is 43.9 Å². The monoisotopic (exact) mass is 327 g/mol. The standard InChI is InChI=1S/C18H18FN3S/c19-14-5-7-15(8-6-14)22-11-9-21(10-12-22)13-18-20-16-3-1-2-4-17(16)23-18/h1-8H,9-13H2. The van der Waals surface area contributed by atoms with E-state index in [4.69, 9.17) is 4.98 Å². The molecule has 2 aromatic carbocycles. The van der Waals surface area contributed by atoms with Gasteiger partial charge in [-0.1, -0.05) is 12.1 Å². The molecule has 1 aliphatic rings. The van der Waals surface area contributed by atoms with Crippen LogP contribution in [0.1, 0.15) is 5.01 Å². The third kappa shape index (κ3) is 3.21. The Bertz CT molecular complexity index is 758. The average Bonchev–Trinajstić information content (AvgIpc) is 2.98. The molecule has 1 fully saturated rings. The van der Waals surface area contributed by atoms with Gasteiger partial charge < -0.3 is 4.90 Å². The molecule has 1 saturated heterocycles. The molecule has 0 N–H and O–H groups in total. The highest BCUT2D eigenvalue weighted by molar-refractivity contribution is 7.18. The summed E-state index contributed by atoms with van der Waals surface area (Å²) in [6, 6.07) is 15.1. The summed E-state index contributed by atoms with van der Waals surface area (Å²) in [5.74, 6) is -0.178. The van der Waals surface area contributed by atoms with Gasteiger partial charge in [0.25, 0.3) is 0 Å². The molecule has 3 aromatic rings. The Morgan fingerprint density at radius 3 is 2.43 bits per heavy atom. The third-order valence-electron chi connectivity index (χ3n) is 4.26. The predicted octanol–water partition coefficient (Wildman–Crippen LogP) is 3.76. The van der Waals surface area contributed by atoms with Gasteiger partial charge in [-0.25, -0.2) is 9.37 Å². The maximum Gasteiger partial charge on any atom is 0.123 e. The largest absolute Gasteiger partial charge is 0.369 e. The Balaban J connectivity index is 1.38. The highest BCUT2D eigenvalue weighted by Gasteiger charge is 2.18. The number of hydrogen-bond donors (Lipinski definition) is 0. The molecule has 118 valence electrons. The van der Waals surface area contributed by atoms with Crippen LogP contribution in [-0.2, 0) is 6.54 Å². The quantitative estimate of drug-likeness (QED) is 0.730. The summed E-state index contributed by atoms with van der Waals surface area (Å²) in [6.45, 7) is 4.87. The molecule has 0 radical (unpaired) electrons. The molecule has 0 saturated carbocycles. The zero-order valence-corrected chi connectivity index (χ0v) is 13.6. The van der Waals surface area contributed by atoms with E-state index in [1.54, 1.807) is 11.3 Å². The van der Waals surface area contributed by atoms with Gasteiger partial charge in [0.2, 0.25) is 0 Å². The van der Waals surface area contributed by atoms with Crippen LogP contribution in [0.4, 0.5) is 10.1 Å². The summed E-state index contributed by atoms with van der Waals surface area (Å²) < 4.78 is 14.3. The van der Waals surface area contributed by atoms with E-state index in [9.17, 15) is 4.39 Å². The summed E-state index contributed by atoms with van der Waals surface area (Å²) >= 11 is 1.78. The van der Waals surface area contributed by atoms with Gasteiger partial charge >= 0.3 is 0 Å². The van der Waals surface area contributed by atoms with Gasteiger partial charge in [0, 0.05) is 31.9 Å². The maximum absolute atomic E-state index is 13.0. The van der Waals surface area contributed by atoms with Crippen LogP contribution in [-0.4, -0.2) is 36.1 Å². The lowest BCUT2D eigenvalue weighted by molar-refractivity contribution is 0.249. The van der Waals surface area contributed by atoms with Crippen molar-refractivity contribution >= 4 is 27.2 Å². The van der Waals surface area contributed by atoms with Crippen molar-refractivity contribution in [2.75, 3.05) is 31.1 Å². The highest BCUT2D eigenvalue weighted by atomic mass is 32.1. The second-order valence-electron chi connectivity index (χ2n) is 5.81. The van der Waals surface area contributed by atoms with Crippen molar-refractivity contribution in [1.82, 2.24) is 9.88 Å². The van der Waals surface area contributed by atoms with Crippen LogP contribution in [0.25, 0.3) is 10.2 Å². The smallest absolute Gasteiger partial charge is 0.123 e. The van der Waals surface area contributed by atoms with Crippen molar-refractivity contribution in [2.45, 2.75) is 6.54 Å². The van der Waals surface area contributed by atoms with E-state index in [1.807, 2.05) is 18.2 Å². The maximum atomic E-state index is 13.0. The fourth-order valence-electron chi connectivity index (χ4n) is 2.99. The number of thiazole rings is 1. The van der Waals surface area contributed by atoms with Crippen molar-refractivity contribution in [1.29, 1.82) is 0 Å². The number of anilines is 1. The number of nitrogens with zero attached hydrogens (tertiary/aromatic N) is 3. The Hall–Kier alpha value is -1.98. The van der Waals surface area contributed by atoms with Crippen molar-refractivity contribution in [2.24, 2.45) is 0 Å². The van der Waals surface area contributed by atoms with Gasteiger partial charge in [0.1, 0.15) is 10.8 Å². The molecule has 0 spiro atoms. The summed E-state index contributed by atoms with van der Waals surface area (Å²) in [5, 5.41) is 1.18. The topological polar surface area (TPSA) is 19.4 Å². The first-order chi connectivity index (χ1) is 11.3. The highest BCUT2D eigenvalue weighted by Crippen LogP contribution is 2.23. The number of piperazine rings is 1. The van der Waals surface area contributed by atoms with Crippen LogP contribution < -0.4 is 4.90 Å². The molecule has 5 heteroatoms. The number of fused-ring (bicyclic) bond motifs is 1. The van der Waals surface area contributed by atoms with Gasteiger partial charge in [-0.05, 0) is 36.4 Å². The number of para-hydroxylation sites is 1. The predicted molar refractivity (Wildman–Crippen MR) is 93.5 cm³/mol. The van der Waals surface area contributed by atoms with Crippen molar-refractivity contribution in [3.63, 3.8) is 0 Å². The van der Waals surface area contributed by atoms with Gasteiger partial charge in [-0.2, -0.15) is 0 Å². The van der Waals surface area contributed by atoms with Crippen molar-refractivity contribution in [3.8, 4) is 0 Å². The Morgan fingerprint density at radius 2 is 1.70 bits per heavy atom. The van der Waals surface area contributed by atoms with Gasteiger partial charge in [0.15, 0.2) is 0 Å². The van der Waals surface area contributed by atoms with E-state index < -0.39 is 0 Å². The lowest BCUT2D eigenvalue weighted by Gasteiger charge is -2.35. The van der Waals surface area contributed by atoms with E-state index in [2.05, 4.69) is 28.0 Å². The molecule has 0 aliphatic carbocycles. The molecule has 4 rings (SSSR count). The van der Waals surface area contributed by atoms with Crippen LogP contribution >= 0.6 is 11.3 Å². The first-order valence-electron chi connectivity index (χ1n) is 7.85. The van der Waals surface area contributed by atoms with Crippen LogP contribution in [0.15, 0.2) is 48.5 Å². The molecule has 0 amide bonds. The van der Waals surface area contributed by atoms with Crippen LogP contribution in [0.2, 0.25) is 0 Å². The second kappa shape index (κ2) is 6.26. The molecule has 3 nitrogen and oxygen atoms in total. The number of benzene rings is 2. The van der Waals surface area contributed by atoms with Gasteiger partial charge in [-0.3, -0.25) is 4.90 Å². The second-order valence-corrected chi connectivity index (χ2v) is 6.93. The Kier molecular flexibility index (Phi) is 3.97. The normalized spacial score (nSPS) is 16.1. The summed E-state index contributed by atoms with van der Waals surface area (Å²) in [5.41, 5.74) is 2.20. The zero-order valence-electron chi connectivity index (χ0n) is 12.8. The molecule has 1 aliphatic heterocycles. The third-order valence-corrected chi connectivity index (χ3v) is 5.28. The number of aromatic nitrogens is 1. The summed E-state index contributed by atoms with van der Waals surface area (Å²) in [6.07, 6.45) is 0. The first kappa shape index (κ1) is 14.6. The van der Waals surface area contributed by atoms with Crippen LogP contribution in [0.5, 0.6) is 0 Å². The number of hydrogen-bond acceptors (Lipinski definition) is 4. The van der Waals surface area contributed by atoms with E-state index in [-0.39, 0.29) is 5.82 Å². The van der Waals surface area contributed by atoms with Gasteiger partial charge in [0.05, 0.1) is 16.8 Å². The Labute approximate surface area is 139 Å². The SMILES string of the molecule is Fc1ccc(N2CCN(Cc3nc4ccccc4s3)CC2)cc1.